The summed E-state index contributed by atoms with van der Waals surface area (Å²) >= 11 is 3.69. The van der Waals surface area contributed by atoms with Crippen molar-refractivity contribution in [2.75, 3.05) is 19.6 Å². The minimum absolute atomic E-state index is 0.0648. The summed E-state index contributed by atoms with van der Waals surface area (Å²) in [4.78, 5) is 26.1. The highest BCUT2D eigenvalue weighted by Gasteiger charge is 2.48. The van der Waals surface area contributed by atoms with Crippen LogP contribution in [0.2, 0.25) is 0 Å². The number of urea groups is 1. The van der Waals surface area contributed by atoms with Crippen LogP contribution in [-0.4, -0.2) is 65.8 Å². The molecule has 0 radical (unpaired) electrons. The lowest BCUT2D eigenvalue weighted by atomic mass is 9.99. The molecule has 0 saturated carbocycles. The highest BCUT2D eigenvalue weighted by atomic mass is 32.1. The van der Waals surface area contributed by atoms with Crippen molar-refractivity contribution in [1.29, 1.82) is 0 Å². The molecule has 0 aromatic carbocycles. The number of amides is 3. The van der Waals surface area contributed by atoms with E-state index in [4.69, 9.17) is 4.28 Å². The number of piperidine rings is 1. The molecule has 0 aliphatic carbocycles. The number of nitrogens with one attached hydrogen (secondary N) is 2. The molecule has 2 bridgehead atoms. The first-order valence-corrected chi connectivity index (χ1v) is 8.05. The van der Waals surface area contributed by atoms with E-state index in [1.54, 1.807) is 0 Å². The summed E-state index contributed by atoms with van der Waals surface area (Å²) < 4.78 is 18.8. The third-order valence-corrected chi connectivity index (χ3v) is 4.86. The largest absolute Gasteiger partial charge is 0.349 e. The normalized spacial score (nSPS) is 35.5. The molecule has 7 nitrogen and oxygen atoms in total. The van der Waals surface area contributed by atoms with Crippen LogP contribution in [0.25, 0.3) is 0 Å². The van der Waals surface area contributed by atoms with Crippen molar-refractivity contribution in [3.05, 3.63) is 0 Å². The quantitative estimate of drug-likeness (QED) is 0.511. The molecular weight excluding hydrogens is 311 g/mol. The Kier molecular flexibility index (Phi) is 4.74. The molecule has 3 saturated heterocycles. The number of nitrogens with zero attached hydrogens (tertiary/aromatic N) is 2. The highest BCUT2D eigenvalue weighted by Crippen LogP contribution is 2.30. The number of thiol groups is 1. The van der Waals surface area contributed by atoms with Crippen molar-refractivity contribution in [1.82, 2.24) is 20.6 Å². The van der Waals surface area contributed by atoms with E-state index < -0.39 is 18.3 Å². The number of carbonyl (C=O) groups excluding carboxylic acids is 2. The lowest BCUT2D eigenvalue weighted by Crippen LogP contribution is -2.54. The average Bonchev–Trinajstić information content (AvgIpc) is 2.65. The van der Waals surface area contributed by atoms with Crippen molar-refractivity contribution < 1.29 is 18.3 Å². The van der Waals surface area contributed by atoms with Crippen molar-refractivity contribution >= 4 is 24.8 Å². The number of alkyl halides is 1. The van der Waals surface area contributed by atoms with Crippen molar-refractivity contribution in [2.24, 2.45) is 0 Å². The van der Waals surface area contributed by atoms with Gasteiger partial charge in [0.15, 0.2) is 0 Å². The van der Waals surface area contributed by atoms with E-state index in [0.29, 0.717) is 25.8 Å². The van der Waals surface area contributed by atoms with Crippen LogP contribution >= 0.6 is 12.9 Å². The fourth-order valence-corrected chi connectivity index (χ4v) is 3.67. The van der Waals surface area contributed by atoms with E-state index in [1.807, 2.05) is 0 Å². The molecule has 2 N–H and O–H groups in total. The number of fused-ring (bicyclic) bond motifs is 2. The smallest absolute Gasteiger partial charge is 0.345 e. The molecular formula is C13H21FN4O3S. The molecule has 3 amide bonds. The minimum atomic E-state index is -1.10. The molecule has 3 aliphatic rings. The molecule has 4 atom stereocenters. The molecule has 124 valence electrons. The Bertz CT molecular complexity index is 455. The van der Waals surface area contributed by atoms with E-state index in [0.717, 1.165) is 13.0 Å². The van der Waals surface area contributed by atoms with Gasteiger partial charge in [0, 0.05) is 26.0 Å². The Morgan fingerprint density at radius 3 is 3.00 bits per heavy atom. The SMILES string of the molecule is O=C(N[C@H]1CCCNC[C@@H]1F)[C@@H]1CC[C@@H]2CN1C(=O)N2OS. The topological polar surface area (TPSA) is 73.9 Å². The van der Waals surface area contributed by atoms with Crippen LogP contribution in [0.3, 0.4) is 0 Å². The maximum absolute atomic E-state index is 14.0. The zero-order valence-corrected chi connectivity index (χ0v) is 13.1. The number of hydrogen-bond acceptors (Lipinski definition) is 5. The summed E-state index contributed by atoms with van der Waals surface area (Å²) in [5.41, 5.74) is 0. The molecule has 3 fully saturated rings. The molecule has 22 heavy (non-hydrogen) atoms. The molecule has 3 aliphatic heterocycles. The second-order valence-corrected chi connectivity index (χ2v) is 6.23. The first kappa shape index (κ1) is 15.8. The van der Waals surface area contributed by atoms with Gasteiger partial charge in [0.05, 0.1) is 12.1 Å². The van der Waals surface area contributed by atoms with Gasteiger partial charge in [-0.15, -0.1) is 0 Å². The van der Waals surface area contributed by atoms with Gasteiger partial charge in [-0.25, -0.2) is 13.5 Å². The Balaban J connectivity index is 1.64. The maximum Gasteiger partial charge on any atom is 0.345 e. The van der Waals surface area contributed by atoms with Crippen molar-refractivity contribution in [2.45, 2.75) is 50.0 Å². The second-order valence-electron chi connectivity index (χ2n) is 6.07. The summed E-state index contributed by atoms with van der Waals surface area (Å²) in [6.07, 6.45) is 1.55. The highest BCUT2D eigenvalue weighted by molar-refractivity contribution is 7.75. The third kappa shape index (κ3) is 2.89. The van der Waals surface area contributed by atoms with E-state index in [9.17, 15) is 14.0 Å². The van der Waals surface area contributed by atoms with E-state index >= 15 is 0 Å². The van der Waals surface area contributed by atoms with Gasteiger partial charge in [-0.2, -0.15) is 5.06 Å². The summed E-state index contributed by atoms with van der Waals surface area (Å²) in [6, 6.07) is -1.46. The van der Waals surface area contributed by atoms with Crippen molar-refractivity contribution in [3.8, 4) is 0 Å². The summed E-state index contributed by atoms with van der Waals surface area (Å²) in [5.74, 6) is -0.276. The van der Waals surface area contributed by atoms with Crippen LogP contribution in [0.15, 0.2) is 0 Å². The fourth-order valence-electron chi connectivity index (χ4n) is 3.46. The van der Waals surface area contributed by atoms with Crippen LogP contribution in [0.1, 0.15) is 25.7 Å². The third-order valence-electron chi connectivity index (χ3n) is 4.69. The Labute approximate surface area is 134 Å². The number of hydroxylamine groups is 2. The average molecular weight is 332 g/mol. The van der Waals surface area contributed by atoms with E-state index in [2.05, 4.69) is 23.5 Å². The second kappa shape index (κ2) is 6.59. The molecule has 3 rings (SSSR count). The lowest BCUT2D eigenvalue weighted by Gasteiger charge is -2.31. The molecule has 0 unspecified atom stereocenters. The van der Waals surface area contributed by atoms with Gasteiger partial charge >= 0.3 is 6.03 Å². The van der Waals surface area contributed by atoms with Gasteiger partial charge in [-0.3, -0.25) is 4.79 Å². The van der Waals surface area contributed by atoms with Crippen molar-refractivity contribution in [3.63, 3.8) is 0 Å². The maximum atomic E-state index is 14.0. The molecule has 9 heteroatoms. The first-order chi connectivity index (χ1) is 10.6. The zero-order valence-electron chi connectivity index (χ0n) is 12.2. The minimum Gasteiger partial charge on any atom is -0.349 e. The van der Waals surface area contributed by atoms with E-state index in [-0.39, 0.29) is 24.5 Å². The van der Waals surface area contributed by atoms with Gasteiger partial charge < -0.3 is 15.5 Å². The van der Waals surface area contributed by atoms with Gasteiger partial charge in [0.2, 0.25) is 5.91 Å². The van der Waals surface area contributed by atoms with Crippen LogP contribution in [-0.2, 0) is 9.08 Å². The number of halogens is 1. The number of hydrogen-bond donors (Lipinski definition) is 3. The number of carbonyl (C=O) groups is 2. The predicted octanol–water partition coefficient (Wildman–Crippen LogP) is 0.238. The Morgan fingerprint density at radius 1 is 1.41 bits per heavy atom. The van der Waals surface area contributed by atoms with E-state index in [1.165, 1.54) is 9.96 Å². The lowest BCUT2D eigenvalue weighted by molar-refractivity contribution is -0.127. The fraction of sp³-hybridized carbons (Fsp3) is 0.846. The Hall–Kier alpha value is -1.06. The Morgan fingerprint density at radius 2 is 2.23 bits per heavy atom. The summed E-state index contributed by atoms with van der Waals surface area (Å²) in [6.45, 7) is 1.46. The monoisotopic (exact) mass is 332 g/mol. The molecule has 0 aromatic rings. The van der Waals surface area contributed by atoms with Crippen LogP contribution < -0.4 is 10.6 Å². The summed E-state index contributed by atoms with van der Waals surface area (Å²) in [7, 11) is 0. The van der Waals surface area contributed by atoms with Gasteiger partial charge in [0.1, 0.15) is 12.2 Å². The molecule has 0 spiro atoms. The predicted molar refractivity (Wildman–Crippen MR) is 79.8 cm³/mol. The zero-order chi connectivity index (χ0) is 15.7. The molecule has 0 aromatic heterocycles. The van der Waals surface area contributed by atoms with Crippen LogP contribution in [0.5, 0.6) is 0 Å². The van der Waals surface area contributed by atoms with Gasteiger partial charge in [-0.05, 0) is 32.2 Å². The number of rotatable bonds is 3. The standard InChI is InChI=1S/C13H21FN4O3S/c14-9-6-15-5-1-2-10(9)16-12(19)11-4-3-8-7-17(11)13(20)18(8)21-22/h8-11,15,22H,1-7H2,(H,16,19)/t8-,9+,10+,11+/m1/s1. The van der Waals surface area contributed by atoms with Crippen LogP contribution in [0.4, 0.5) is 9.18 Å². The summed E-state index contributed by atoms with van der Waals surface area (Å²) in [5, 5.41) is 6.99. The van der Waals surface area contributed by atoms with Gasteiger partial charge in [-0.1, -0.05) is 0 Å². The van der Waals surface area contributed by atoms with Crippen LogP contribution in [0, 0.1) is 0 Å². The molecule has 3 heterocycles. The first-order valence-electron chi connectivity index (χ1n) is 7.68. The van der Waals surface area contributed by atoms with Gasteiger partial charge in [0.25, 0.3) is 0 Å².